The van der Waals surface area contributed by atoms with Crippen LogP contribution in [0.25, 0.3) is 0 Å². The zero-order chi connectivity index (χ0) is 8.43. The number of carbonyl (C=O) groups excluding carboxylic acids is 1. The second-order valence-corrected chi connectivity index (χ2v) is 2.18. The Balaban J connectivity index is 2.86. The first-order chi connectivity index (χ1) is 5.11. The lowest BCUT2D eigenvalue weighted by Crippen LogP contribution is -2.28. The van der Waals surface area contributed by atoms with E-state index in [2.05, 4.69) is 4.99 Å². The lowest BCUT2D eigenvalue weighted by Gasteiger charge is -2.03. The van der Waals surface area contributed by atoms with E-state index in [-0.39, 0.29) is 0 Å². The Morgan fingerprint density at radius 3 is 2.82 bits per heavy atom. The molecule has 1 unspecified atom stereocenters. The highest BCUT2D eigenvalue weighted by Crippen LogP contribution is 2.02. The molecule has 1 amide bonds. The topological polar surface area (TPSA) is 72.6 Å². The van der Waals surface area contributed by atoms with Crippen LogP contribution in [-0.4, -0.2) is 22.6 Å². The number of hydrogen-bond donors (Lipinski definition) is 0. The van der Waals surface area contributed by atoms with Crippen molar-refractivity contribution in [2.24, 2.45) is 4.99 Å². The largest absolute Gasteiger partial charge is 0.324 e. The van der Waals surface area contributed by atoms with Crippen molar-refractivity contribution in [3.05, 3.63) is 22.3 Å². The number of rotatable bonds is 1. The summed E-state index contributed by atoms with van der Waals surface area (Å²) in [6.07, 6.45) is 2.71. The molecule has 5 heteroatoms. The minimum atomic E-state index is -1.28. The number of amides is 1. The van der Waals surface area contributed by atoms with E-state index in [9.17, 15) is 14.9 Å². The highest BCUT2D eigenvalue weighted by Gasteiger charge is 2.28. The average Bonchev–Trinajstić information content (AvgIpc) is 1.85. The fourth-order valence-corrected chi connectivity index (χ4v) is 0.750. The maximum Gasteiger partial charge on any atom is 0.324 e. The van der Waals surface area contributed by atoms with Crippen molar-refractivity contribution in [1.29, 1.82) is 0 Å². The van der Waals surface area contributed by atoms with Gasteiger partial charge in [-0.1, -0.05) is 0 Å². The SMILES string of the molecule is CC1=NC(=O)C([N+](=O)[O-])C=C1. The van der Waals surface area contributed by atoms with Crippen LogP contribution in [0.4, 0.5) is 0 Å². The van der Waals surface area contributed by atoms with E-state index in [1.54, 1.807) is 6.92 Å². The molecule has 0 aromatic carbocycles. The molecule has 1 atom stereocenters. The minimum absolute atomic E-state index is 0.508. The molecule has 1 rings (SSSR count). The van der Waals surface area contributed by atoms with Crippen molar-refractivity contribution in [2.75, 3.05) is 0 Å². The van der Waals surface area contributed by atoms with Gasteiger partial charge in [-0.3, -0.25) is 14.9 Å². The lowest BCUT2D eigenvalue weighted by molar-refractivity contribution is -0.495. The summed E-state index contributed by atoms with van der Waals surface area (Å²) in [6.45, 7) is 1.62. The van der Waals surface area contributed by atoms with Gasteiger partial charge in [-0.05, 0) is 13.0 Å². The van der Waals surface area contributed by atoms with Crippen molar-refractivity contribution in [3.8, 4) is 0 Å². The first kappa shape index (κ1) is 7.59. The van der Waals surface area contributed by atoms with Gasteiger partial charge in [0.25, 0.3) is 0 Å². The fraction of sp³-hybridized carbons (Fsp3) is 0.333. The molecule has 58 valence electrons. The van der Waals surface area contributed by atoms with Gasteiger partial charge in [0.15, 0.2) is 0 Å². The Labute approximate surface area is 62.6 Å². The Bertz CT molecular complexity index is 267. The number of allylic oxidation sites excluding steroid dienone is 1. The molecule has 1 aliphatic heterocycles. The summed E-state index contributed by atoms with van der Waals surface area (Å²) in [4.78, 5) is 23.7. The Kier molecular flexibility index (Phi) is 1.80. The third kappa shape index (κ3) is 1.49. The number of hydrogen-bond acceptors (Lipinski definition) is 3. The molecule has 0 aliphatic carbocycles. The summed E-state index contributed by atoms with van der Waals surface area (Å²) < 4.78 is 0. The second kappa shape index (κ2) is 2.61. The molecule has 0 radical (unpaired) electrons. The van der Waals surface area contributed by atoms with Gasteiger partial charge >= 0.3 is 11.9 Å². The maximum atomic E-state index is 10.8. The standard InChI is InChI=1S/C6H6N2O3/c1-4-2-3-5(8(10)11)6(9)7-4/h2-3,5H,1H3. The van der Waals surface area contributed by atoms with Crippen LogP contribution < -0.4 is 0 Å². The highest BCUT2D eigenvalue weighted by molar-refractivity contribution is 6.05. The van der Waals surface area contributed by atoms with Gasteiger partial charge in [-0.2, -0.15) is 0 Å². The zero-order valence-corrected chi connectivity index (χ0v) is 5.85. The molecule has 1 heterocycles. The summed E-state index contributed by atoms with van der Waals surface area (Å²) in [5.74, 6) is -0.699. The quantitative estimate of drug-likeness (QED) is 0.399. The van der Waals surface area contributed by atoms with Gasteiger partial charge < -0.3 is 0 Å². The molecule has 0 spiro atoms. The number of carbonyl (C=O) groups is 1. The monoisotopic (exact) mass is 154 g/mol. The molecular formula is C6H6N2O3. The van der Waals surface area contributed by atoms with E-state index in [0.717, 1.165) is 0 Å². The summed E-state index contributed by atoms with van der Waals surface area (Å²) in [5, 5.41) is 10.1. The van der Waals surface area contributed by atoms with Crippen molar-refractivity contribution in [1.82, 2.24) is 0 Å². The molecule has 11 heavy (non-hydrogen) atoms. The Morgan fingerprint density at radius 1 is 1.73 bits per heavy atom. The summed E-state index contributed by atoms with van der Waals surface area (Å²) in [5.41, 5.74) is 0.508. The molecule has 0 bridgehead atoms. The molecule has 0 saturated heterocycles. The zero-order valence-electron chi connectivity index (χ0n) is 5.85. The molecule has 1 aliphatic rings. The second-order valence-electron chi connectivity index (χ2n) is 2.18. The number of nitrogens with zero attached hydrogens (tertiary/aromatic N) is 2. The molecular weight excluding hydrogens is 148 g/mol. The lowest BCUT2D eigenvalue weighted by atomic mass is 10.2. The van der Waals surface area contributed by atoms with Gasteiger partial charge in [0.05, 0.1) is 0 Å². The molecule has 0 N–H and O–H groups in total. The maximum absolute atomic E-state index is 10.8. The molecule has 0 aromatic heterocycles. The third-order valence-electron chi connectivity index (χ3n) is 1.29. The normalized spacial score (nSPS) is 23.2. The molecule has 0 saturated carbocycles. The van der Waals surface area contributed by atoms with Crippen LogP contribution in [0.5, 0.6) is 0 Å². The smallest absolute Gasteiger partial charge is 0.264 e. The molecule has 0 fully saturated rings. The van der Waals surface area contributed by atoms with Crippen molar-refractivity contribution >= 4 is 11.6 Å². The van der Waals surface area contributed by atoms with Gasteiger partial charge in [-0.25, -0.2) is 4.99 Å². The number of nitro groups is 1. The van der Waals surface area contributed by atoms with Crippen LogP contribution in [0.3, 0.4) is 0 Å². The van der Waals surface area contributed by atoms with Gasteiger partial charge in [0, 0.05) is 16.7 Å². The predicted octanol–water partition coefficient (Wildman–Crippen LogP) is 0.189. The summed E-state index contributed by atoms with van der Waals surface area (Å²) in [7, 11) is 0. The van der Waals surface area contributed by atoms with Crippen molar-refractivity contribution in [2.45, 2.75) is 13.0 Å². The fourth-order valence-electron chi connectivity index (χ4n) is 0.750. The van der Waals surface area contributed by atoms with Crippen molar-refractivity contribution < 1.29 is 9.72 Å². The van der Waals surface area contributed by atoms with Crippen LogP contribution in [0.1, 0.15) is 6.92 Å². The summed E-state index contributed by atoms with van der Waals surface area (Å²) in [6, 6.07) is -1.28. The third-order valence-corrected chi connectivity index (χ3v) is 1.29. The van der Waals surface area contributed by atoms with E-state index in [1.165, 1.54) is 12.2 Å². The average molecular weight is 154 g/mol. The van der Waals surface area contributed by atoms with E-state index in [1.807, 2.05) is 0 Å². The van der Waals surface area contributed by atoms with E-state index >= 15 is 0 Å². The Hall–Kier alpha value is -1.52. The van der Waals surface area contributed by atoms with Crippen LogP contribution in [0.15, 0.2) is 17.1 Å². The molecule has 5 nitrogen and oxygen atoms in total. The number of dihydropyridines is 1. The highest BCUT2D eigenvalue weighted by atomic mass is 16.6. The summed E-state index contributed by atoms with van der Waals surface area (Å²) >= 11 is 0. The predicted molar refractivity (Wildman–Crippen MR) is 38.0 cm³/mol. The van der Waals surface area contributed by atoms with Crippen LogP contribution in [0.2, 0.25) is 0 Å². The first-order valence-corrected chi connectivity index (χ1v) is 3.02. The van der Waals surface area contributed by atoms with Gasteiger partial charge in [-0.15, -0.1) is 0 Å². The Morgan fingerprint density at radius 2 is 2.36 bits per heavy atom. The van der Waals surface area contributed by atoms with Gasteiger partial charge in [0.2, 0.25) is 0 Å². The van der Waals surface area contributed by atoms with E-state index in [0.29, 0.717) is 5.71 Å². The number of aliphatic imine (C=N–C) groups is 1. The van der Waals surface area contributed by atoms with Gasteiger partial charge in [0.1, 0.15) is 0 Å². The first-order valence-electron chi connectivity index (χ1n) is 3.02. The van der Waals surface area contributed by atoms with Crippen molar-refractivity contribution in [3.63, 3.8) is 0 Å². The van der Waals surface area contributed by atoms with Crippen LogP contribution in [0, 0.1) is 10.1 Å². The van der Waals surface area contributed by atoms with E-state index < -0.39 is 16.9 Å². The molecule has 0 aromatic rings. The van der Waals surface area contributed by atoms with Crippen LogP contribution in [-0.2, 0) is 4.79 Å². The van der Waals surface area contributed by atoms with Crippen LogP contribution >= 0.6 is 0 Å². The minimum Gasteiger partial charge on any atom is -0.264 e. The van der Waals surface area contributed by atoms with E-state index in [4.69, 9.17) is 0 Å².